The fourth-order valence-corrected chi connectivity index (χ4v) is 2.12. The summed E-state index contributed by atoms with van der Waals surface area (Å²) in [5.74, 6) is -1.51. The van der Waals surface area contributed by atoms with E-state index in [1.54, 1.807) is 13.0 Å². The molecule has 0 bridgehead atoms. The Hall–Kier alpha value is -2.97. The van der Waals surface area contributed by atoms with Crippen LogP contribution >= 0.6 is 0 Å². The van der Waals surface area contributed by atoms with Gasteiger partial charge >= 0.3 is 12.1 Å². The van der Waals surface area contributed by atoms with Crippen LogP contribution in [0.25, 0.3) is 0 Å². The van der Waals surface area contributed by atoms with Gasteiger partial charge in [0.15, 0.2) is 0 Å². The van der Waals surface area contributed by atoms with E-state index in [1.165, 1.54) is 19.1 Å². The highest BCUT2D eigenvalue weighted by molar-refractivity contribution is 6.36. The molecule has 1 unspecified atom stereocenters. The number of halogens is 3. The third-order valence-corrected chi connectivity index (χ3v) is 3.34. The summed E-state index contributed by atoms with van der Waals surface area (Å²) in [7, 11) is 0. The molecular weight excluding hydrogens is 351 g/mol. The van der Waals surface area contributed by atoms with Gasteiger partial charge < -0.3 is 5.11 Å². The number of carbonyl (C=O) groups excluding carboxylic acids is 1. The number of allylic oxidation sites excluding steroid dienone is 7. The van der Waals surface area contributed by atoms with E-state index < -0.39 is 29.7 Å². The highest BCUT2D eigenvalue weighted by Crippen LogP contribution is 2.32. The zero-order valence-electron chi connectivity index (χ0n) is 14.2. The lowest BCUT2D eigenvalue weighted by Gasteiger charge is -2.29. The topological polar surface area (TPSA) is 82.3 Å². The molecule has 1 atom stereocenters. The van der Waals surface area contributed by atoms with E-state index >= 15 is 0 Å². The number of carbonyl (C=O) groups is 2. The normalized spacial score (nSPS) is 19.3. The van der Waals surface area contributed by atoms with E-state index in [0.717, 1.165) is 6.21 Å². The van der Waals surface area contributed by atoms with Crippen molar-refractivity contribution in [1.82, 2.24) is 5.01 Å². The van der Waals surface area contributed by atoms with E-state index in [0.29, 0.717) is 17.4 Å². The quantitative estimate of drug-likeness (QED) is 0.323. The Kier molecular flexibility index (Phi) is 7.24. The highest BCUT2D eigenvalue weighted by atomic mass is 19.4. The van der Waals surface area contributed by atoms with Gasteiger partial charge in [0.05, 0.1) is 0 Å². The van der Waals surface area contributed by atoms with Crippen LogP contribution in [0.3, 0.4) is 0 Å². The van der Waals surface area contributed by atoms with Crippen molar-refractivity contribution in [3.8, 4) is 0 Å². The first-order valence-electron chi connectivity index (χ1n) is 7.49. The standard InChI is InChI=1S/C17H18F3N3O3/c1-4-6-13(12(5-2)10-24)9-14(16(25)26)22-23-11(3)21-8-7-15(23)17(18,19)20/h4-8,10-11H,2,9H2,1,3H3,(H,25,26)/b6-4-,13-12-,22-14+. The Morgan fingerprint density at radius 3 is 2.62 bits per heavy atom. The summed E-state index contributed by atoms with van der Waals surface area (Å²) in [6, 6.07) is 0. The van der Waals surface area contributed by atoms with Crippen molar-refractivity contribution in [1.29, 1.82) is 0 Å². The molecule has 1 rings (SSSR count). The third-order valence-electron chi connectivity index (χ3n) is 3.34. The number of carboxylic acids is 1. The first-order chi connectivity index (χ1) is 12.1. The lowest BCUT2D eigenvalue weighted by Crippen LogP contribution is -2.37. The number of carboxylic acid groups (broad SMARTS) is 1. The van der Waals surface area contributed by atoms with Crippen LogP contribution in [-0.2, 0) is 9.59 Å². The first-order valence-corrected chi connectivity index (χ1v) is 7.49. The summed E-state index contributed by atoms with van der Waals surface area (Å²) in [6.45, 7) is 6.46. The number of aldehydes is 1. The van der Waals surface area contributed by atoms with Crippen LogP contribution < -0.4 is 0 Å². The van der Waals surface area contributed by atoms with Gasteiger partial charge in [0.25, 0.3) is 0 Å². The van der Waals surface area contributed by atoms with Crippen LogP contribution in [0.4, 0.5) is 13.2 Å². The predicted octanol–water partition coefficient (Wildman–Crippen LogP) is 3.25. The second kappa shape index (κ2) is 8.93. The predicted molar refractivity (Wildman–Crippen MR) is 91.7 cm³/mol. The number of hydrogen-bond donors (Lipinski definition) is 1. The third kappa shape index (κ3) is 5.27. The van der Waals surface area contributed by atoms with E-state index in [9.17, 15) is 27.9 Å². The Morgan fingerprint density at radius 1 is 1.50 bits per heavy atom. The van der Waals surface area contributed by atoms with Gasteiger partial charge in [-0.15, -0.1) is 0 Å². The maximum atomic E-state index is 13.2. The molecule has 0 radical (unpaired) electrons. The van der Waals surface area contributed by atoms with Crippen LogP contribution in [0.2, 0.25) is 0 Å². The molecule has 0 saturated carbocycles. The average Bonchev–Trinajstić information content (AvgIpc) is 2.55. The summed E-state index contributed by atoms with van der Waals surface area (Å²) in [5, 5.41) is 13.5. The van der Waals surface area contributed by atoms with Gasteiger partial charge in [0.2, 0.25) is 0 Å². The van der Waals surface area contributed by atoms with E-state index in [4.69, 9.17) is 0 Å². The van der Waals surface area contributed by atoms with Crippen molar-refractivity contribution in [2.75, 3.05) is 0 Å². The molecule has 0 saturated heterocycles. The molecule has 1 heterocycles. The minimum Gasteiger partial charge on any atom is -0.477 e. The van der Waals surface area contributed by atoms with Crippen molar-refractivity contribution in [2.24, 2.45) is 10.1 Å². The molecule has 0 amide bonds. The molecule has 0 aromatic carbocycles. The van der Waals surface area contributed by atoms with E-state index in [2.05, 4.69) is 16.7 Å². The molecule has 1 N–H and O–H groups in total. The zero-order valence-corrected chi connectivity index (χ0v) is 14.2. The van der Waals surface area contributed by atoms with Gasteiger partial charge in [0, 0.05) is 18.2 Å². The molecule has 140 valence electrons. The Labute approximate surface area is 148 Å². The summed E-state index contributed by atoms with van der Waals surface area (Å²) in [5.41, 5.74) is -1.31. The van der Waals surface area contributed by atoms with Crippen LogP contribution in [0.1, 0.15) is 20.3 Å². The lowest BCUT2D eigenvalue weighted by atomic mass is 10.0. The molecule has 26 heavy (non-hydrogen) atoms. The van der Waals surface area contributed by atoms with Gasteiger partial charge in [-0.05, 0) is 25.5 Å². The molecule has 0 aromatic rings. The van der Waals surface area contributed by atoms with Crippen molar-refractivity contribution >= 4 is 24.2 Å². The van der Waals surface area contributed by atoms with Gasteiger partial charge in [-0.2, -0.15) is 18.3 Å². The number of alkyl halides is 3. The largest absolute Gasteiger partial charge is 0.477 e. The Balaban J connectivity index is 3.40. The van der Waals surface area contributed by atoms with Gasteiger partial charge in [-0.3, -0.25) is 9.79 Å². The summed E-state index contributed by atoms with van der Waals surface area (Å²) in [4.78, 5) is 26.4. The number of hydrazone groups is 1. The first kappa shape index (κ1) is 21.1. The summed E-state index contributed by atoms with van der Waals surface area (Å²) < 4.78 is 39.5. The van der Waals surface area contributed by atoms with Crippen LogP contribution in [0.5, 0.6) is 0 Å². The number of hydrogen-bond acceptors (Lipinski definition) is 5. The maximum Gasteiger partial charge on any atom is 0.433 e. The fourth-order valence-electron chi connectivity index (χ4n) is 2.12. The number of nitrogens with zero attached hydrogens (tertiary/aromatic N) is 3. The summed E-state index contributed by atoms with van der Waals surface area (Å²) in [6.07, 6.45) is 0.333. The molecule has 6 nitrogen and oxygen atoms in total. The lowest BCUT2D eigenvalue weighted by molar-refractivity contribution is -0.130. The van der Waals surface area contributed by atoms with Crippen LogP contribution in [0.15, 0.2) is 57.8 Å². The van der Waals surface area contributed by atoms with E-state index in [-0.39, 0.29) is 17.6 Å². The second-order valence-electron chi connectivity index (χ2n) is 5.16. The van der Waals surface area contributed by atoms with Crippen molar-refractivity contribution in [3.63, 3.8) is 0 Å². The van der Waals surface area contributed by atoms with Crippen LogP contribution in [0, 0.1) is 0 Å². The molecule has 0 aromatic heterocycles. The fraction of sp³-hybridized carbons (Fsp3) is 0.294. The molecule has 0 spiro atoms. The highest BCUT2D eigenvalue weighted by Gasteiger charge is 2.41. The van der Waals surface area contributed by atoms with Crippen molar-refractivity contribution < 1.29 is 27.9 Å². The summed E-state index contributed by atoms with van der Waals surface area (Å²) >= 11 is 0. The van der Waals surface area contributed by atoms with Crippen molar-refractivity contribution in [3.05, 3.63) is 47.7 Å². The maximum absolute atomic E-state index is 13.2. The molecule has 9 heteroatoms. The molecule has 0 fully saturated rings. The molecule has 0 aliphatic carbocycles. The minimum atomic E-state index is -4.73. The average molecular weight is 369 g/mol. The second-order valence-corrected chi connectivity index (χ2v) is 5.16. The zero-order chi connectivity index (χ0) is 19.9. The molecule has 1 aliphatic heterocycles. The minimum absolute atomic E-state index is 0.119. The van der Waals surface area contributed by atoms with E-state index in [1.807, 2.05) is 0 Å². The molecule has 1 aliphatic rings. The van der Waals surface area contributed by atoms with Crippen molar-refractivity contribution in [2.45, 2.75) is 32.6 Å². The number of aliphatic carboxylic acids is 1. The number of rotatable bonds is 7. The van der Waals surface area contributed by atoms with Gasteiger partial charge in [0.1, 0.15) is 23.9 Å². The van der Waals surface area contributed by atoms with Crippen LogP contribution in [-0.4, -0.2) is 46.6 Å². The smallest absolute Gasteiger partial charge is 0.433 e. The Bertz CT molecular complexity index is 721. The SMILES string of the molecule is C=C/C(C=O)=C(\C=C/C)C/C(=N\N1C(C(F)(F)F)=CC=NC1C)C(=O)O. The monoisotopic (exact) mass is 369 g/mol. The van der Waals surface area contributed by atoms with Gasteiger partial charge in [-0.25, -0.2) is 9.80 Å². The van der Waals surface area contributed by atoms with Gasteiger partial charge in [-0.1, -0.05) is 24.8 Å². The molecular formula is C17H18F3N3O3. The Morgan fingerprint density at radius 2 is 2.15 bits per heavy atom. The number of aliphatic imine (C=N–C) groups is 1.